The average molecular weight is 522 g/mol. The van der Waals surface area contributed by atoms with E-state index in [1.807, 2.05) is 6.07 Å². The Bertz CT molecular complexity index is 1290. The first kappa shape index (κ1) is 27.4. The number of nitrogens with one attached hydrogen (secondary N) is 1. The summed E-state index contributed by atoms with van der Waals surface area (Å²) in [4.78, 5) is 25.1. The van der Waals surface area contributed by atoms with Crippen LogP contribution in [0.1, 0.15) is 21.5 Å². The van der Waals surface area contributed by atoms with Crippen LogP contribution in [-0.4, -0.2) is 40.0 Å². The first-order chi connectivity index (χ1) is 17.9. The molecule has 37 heavy (non-hydrogen) atoms. The van der Waals surface area contributed by atoms with E-state index in [1.165, 1.54) is 32.6 Å². The highest BCUT2D eigenvalue weighted by Gasteiger charge is 2.12. The Hall–Kier alpha value is -4.23. The maximum absolute atomic E-state index is 12.7. The molecule has 0 radical (unpaired) electrons. The molecule has 3 rings (SSSR count). The van der Waals surface area contributed by atoms with Gasteiger partial charge >= 0.3 is 0 Å². The van der Waals surface area contributed by atoms with E-state index in [1.54, 1.807) is 68.8 Å². The molecule has 0 unspecified atom stereocenters. The summed E-state index contributed by atoms with van der Waals surface area (Å²) in [5.74, 6) is 1.91. The van der Waals surface area contributed by atoms with Gasteiger partial charge in [0.2, 0.25) is 0 Å². The Morgan fingerprint density at radius 3 is 2.05 bits per heavy atom. The van der Waals surface area contributed by atoms with E-state index in [2.05, 4.69) is 5.32 Å². The lowest BCUT2D eigenvalue weighted by Crippen LogP contribution is -2.02. The van der Waals surface area contributed by atoms with Crippen LogP contribution in [0.15, 0.2) is 72.9 Å². The largest absolute Gasteiger partial charge is 0.496 e. The van der Waals surface area contributed by atoms with Crippen molar-refractivity contribution in [3.8, 4) is 23.0 Å². The van der Waals surface area contributed by atoms with Crippen molar-refractivity contribution >= 4 is 34.9 Å². The van der Waals surface area contributed by atoms with Gasteiger partial charge in [-0.3, -0.25) is 9.59 Å². The SMILES string of the molecule is COc1cc(OC)c(/C=C/C(=O)Cc2ccc(OC)c(N/C=C\C(=O)c3ccc(Cl)cc3)c2)c(OC)c1. The molecule has 7 nitrogen and oxygen atoms in total. The van der Waals surface area contributed by atoms with Gasteiger partial charge in [0.05, 0.1) is 39.7 Å². The summed E-state index contributed by atoms with van der Waals surface area (Å²) in [6.07, 6.45) is 6.24. The summed E-state index contributed by atoms with van der Waals surface area (Å²) < 4.78 is 21.5. The number of ether oxygens (including phenoxy) is 4. The normalized spacial score (nSPS) is 10.9. The number of anilines is 1. The van der Waals surface area contributed by atoms with Gasteiger partial charge in [0.25, 0.3) is 0 Å². The Kier molecular flexibility index (Phi) is 9.75. The molecule has 192 valence electrons. The number of benzene rings is 3. The lowest BCUT2D eigenvalue weighted by atomic mass is 10.1. The molecule has 0 fully saturated rings. The molecule has 0 spiro atoms. The second kappa shape index (κ2) is 13.2. The fourth-order valence-electron chi connectivity index (χ4n) is 3.53. The van der Waals surface area contributed by atoms with Crippen LogP contribution < -0.4 is 24.3 Å². The lowest BCUT2D eigenvalue weighted by molar-refractivity contribution is -0.113. The van der Waals surface area contributed by atoms with Crippen molar-refractivity contribution in [2.75, 3.05) is 33.8 Å². The zero-order valence-corrected chi connectivity index (χ0v) is 21.8. The standard InChI is InChI=1S/C29H28ClNO6/c1-34-23-17-28(36-3)24(29(18-23)37-4)11-10-22(32)15-19-5-12-27(35-2)25(16-19)31-14-13-26(33)20-6-8-21(30)9-7-20/h5-14,16-18,31H,15H2,1-4H3/b11-10+,14-13-. The lowest BCUT2D eigenvalue weighted by Gasteiger charge is -2.12. The van der Waals surface area contributed by atoms with Crippen LogP contribution in [0.25, 0.3) is 6.08 Å². The average Bonchev–Trinajstić information content (AvgIpc) is 2.91. The van der Waals surface area contributed by atoms with E-state index in [9.17, 15) is 9.59 Å². The molecular weight excluding hydrogens is 494 g/mol. The van der Waals surface area contributed by atoms with Gasteiger partial charge in [-0.1, -0.05) is 17.7 Å². The molecule has 1 N–H and O–H groups in total. The third kappa shape index (κ3) is 7.38. The van der Waals surface area contributed by atoms with Gasteiger partial charge in [-0.15, -0.1) is 0 Å². The maximum atomic E-state index is 12.7. The van der Waals surface area contributed by atoms with Crippen molar-refractivity contribution < 1.29 is 28.5 Å². The monoisotopic (exact) mass is 521 g/mol. The van der Waals surface area contributed by atoms with Crippen LogP contribution in [0.3, 0.4) is 0 Å². The molecule has 8 heteroatoms. The first-order valence-electron chi connectivity index (χ1n) is 11.3. The molecule has 0 saturated carbocycles. The van der Waals surface area contributed by atoms with E-state index < -0.39 is 0 Å². The van der Waals surface area contributed by atoms with Crippen molar-refractivity contribution in [2.45, 2.75) is 6.42 Å². The maximum Gasteiger partial charge on any atom is 0.187 e. The van der Waals surface area contributed by atoms with Crippen molar-refractivity contribution in [1.29, 1.82) is 0 Å². The molecule has 0 aromatic heterocycles. The second-order valence-electron chi connectivity index (χ2n) is 7.81. The minimum Gasteiger partial charge on any atom is -0.496 e. The van der Waals surface area contributed by atoms with E-state index in [0.29, 0.717) is 44.8 Å². The number of carbonyl (C=O) groups is 2. The summed E-state index contributed by atoms with van der Waals surface area (Å²) in [7, 11) is 6.18. The summed E-state index contributed by atoms with van der Waals surface area (Å²) in [6.45, 7) is 0. The third-order valence-corrected chi connectivity index (χ3v) is 5.69. The smallest absolute Gasteiger partial charge is 0.187 e. The highest BCUT2D eigenvalue weighted by atomic mass is 35.5. The minimum absolute atomic E-state index is 0.121. The van der Waals surface area contributed by atoms with Crippen LogP contribution in [0.4, 0.5) is 5.69 Å². The molecule has 0 heterocycles. The Balaban J connectivity index is 1.72. The van der Waals surface area contributed by atoms with Gasteiger partial charge in [-0.25, -0.2) is 0 Å². The van der Waals surface area contributed by atoms with E-state index in [4.69, 9.17) is 30.5 Å². The van der Waals surface area contributed by atoms with Crippen molar-refractivity contribution in [3.05, 3.63) is 94.7 Å². The number of halogens is 1. The molecule has 0 bridgehead atoms. The molecular formula is C29H28ClNO6. The van der Waals surface area contributed by atoms with Gasteiger partial charge in [0.15, 0.2) is 11.6 Å². The number of methoxy groups -OCH3 is 4. The minimum atomic E-state index is -0.177. The molecule has 0 amide bonds. The topological polar surface area (TPSA) is 83.1 Å². The van der Waals surface area contributed by atoms with Gasteiger partial charge in [-0.2, -0.15) is 0 Å². The quantitative estimate of drug-likeness (QED) is 0.231. The van der Waals surface area contributed by atoms with Crippen molar-refractivity contribution in [3.63, 3.8) is 0 Å². The second-order valence-corrected chi connectivity index (χ2v) is 8.24. The first-order valence-corrected chi connectivity index (χ1v) is 11.7. The van der Waals surface area contributed by atoms with Crippen LogP contribution in [-0.2, 0) is 11.2 Å². The van der Waals surface area contributed by atoms with Crippen LogP contribution in [0.5, 0.6) is 23.0 Å². The Labute approximate surface area is 221 Å². The zero-order valence-electron chi connectivity index (χ0n) is 21.0. The molecule has 0 aliphatic rings. The number of hydrogen-bond donors (Lipinski definition) is 1. The number of ketones is 2. The van der Waals surface area contributed by atoms with Gasteiger partial charge in [0.1, 0.15) is 23.0 Å². The number of carbonyl (C=O) groups excluding carboxylic acids is 2. The molecule has 0 aliphatic carbocycles. The molecule has 3 aromatic rings. The van der Waals surface area contributed by atoms with Crippen LogP contribution in [0.2, 0.25) is 5.02 Å². The van der Waals surface area contributed by atoms with Crippen LogP contribution in [0, 0.1) is 0 Å². The van der Waals surface area contributed by atoms with Gasteiger partial charge < -0.3 is 24.3 Å². The Morgan fingerprint density at radius 2 is 1.46 bits per heavy atom. The van der Waals surface area contributed by atoms with Gasteiger partial charge in [-0.05, 0) is 54.1 Å². The number of rotatable bonds is 12. The van der Waals surface area contributed by atoms with E-state index in [-0.39, 0.29) is 18.0 Å². The molecule has 0 saturated heterocycles. The summed E-state index contributed by atoms with van der Waals surface area (Å²) in [5, 5.41) is 3.62. The summed E-state index contributed by atoms with van der Waals surface area (Å²) in [5.41, 5.74) is 2.54. The predicted molar refractivity (Wildman–Crippen MR) is 145 cm³/mol. The van der Waals surface area contributed by atoms with E-state index in [0.717, 1.165) is 5.56 Å². The molecule has 3 aromatic carbocycles. The molecule has 0 aliphatic heterocycles. The highest BCUT2D eigenvalue weighted by Crippen LogP contribution is 2.35. The fourth-order valence-corrected chi connectivity index (χ4v) is 3.65. The third-order valence-electron chi connectivity index (χ3n) is 5.43. The summed E-state index contributed by atoms with van der Waals surface area (Å²) >= 11 is 5.87. The van der Waals surface area contributed by atoms with Gasteiger partial charge in [0, 0.05) is 41.4 Å². The zero-order chi connectivity index (χ0) is 26.8. The van der Waals surface area contributed by atoms with E-state index >= 15 is 0 Å². The van der Waals surface area contributed by atoms with Crippen LogP contribution >= 0.6 is 11.6 Å². The van der Waals surface area contributed by atoms with Crippen molar-refractivity contribution in [1.82, 2.24) is 0 Å². The predicted octanol–water partition coefficient (Wildman–Crippen LogP) is 6.01. The molecule has 0 atom stereocenters. The van der Waals surface area contributed by atoms with Crippen molar-refractivity contribution in [2.24, 2.45) is 0 Å². The number of hydrogen-bond acceptors (Lipinski definition) is 7. The summed E-state index contributed by atoms with van der Waals surface area (Å²) in [6, 6.07) is 15.5. The Morgan fingerprint density at radius 1 is 0.811 bits per heavy atom. The fraction of sp³-hybridized carbons (Fsp3) is 0.172. The highest BCUT2D eigenvalue weighted by molar-refractivity contribution is 6.30. The number of allylic oxidation sites excluding steroid dienone is 2.